The molecule has 2 heterocycles. The Bertz CT molecular complexity index is 492. The van der Waals surface area contributed by atoms with Gasteiger partial charge in [-0.05, 0) is 50.4 Å². The minimum Gasteiger partial charge on any atom is -0.453 e. The predicted molar refractivity (Wildman–Crippen MR) is 96.3 cm³/mol. The Hall–Kier alpha value is -1.30. The fraction of sp³-hybridized carbons (Fsp3) is 0.895. The van der Waals surface area contributed by atoms with Gasteiger partial charge in [-0.2, -0.15) is 0 Å². The molecule has 1 spiro atoms. The van der Waals surface area contributed by atoms with Crippen LogP contribution in [0.25, 0.3) is 0 Å². The molecule has 0 bridgehead atoms. The van der Waals surface area contributed by atoms with Crippen molar-refractivity contribution < 1.29 is 14.3 Å². The molecule has 25 heavy (non-hydrogen) atoms. The smallest absolute Gasteiger partial charge is 0.409 e. The van der Waals surface area contributed by atoms with Crippen LogP contribution in [0.1, 0.15) is 51.9 Å². The molecule has 3 fully saturated rings. The number of amides is 2. The van der Waals surface area contributed by atoms with Gasteiger partial charge in [0.15, 0.2) is 0 Å². The van der Waals surface area contributed by atoms with E-state index in [1.165, 1.54) is 32.8 Å². The summed E-state index contributed by atoms with van der Waals surface area (Å²) in [7, 11) is 3.40. The molecular weight excluding hydrogens is 318 g/mol. The molecule has 3 rings (SSSR count). The van der Waals surface area contributed by atoms with Crippen LogP contribution in [-0.4, -0.2) is 79.1 Å². The van der Waals surface area contributed by atoms with Crippen LogP contribution < -0.4 is 0 Å². The summed E-state index contributed by atoms with van der Waals surface area (Å²) >= 11 is 0. The Balaban J connectivity index is 1.47. The third kappa shape index (κ3) is 3.94. The van der Waals surface area contributed by atoms with Crippen molar-refractivity contribution in [1.82, 2.24) is 14.7 Å². The molecule has 2 saturated heterocycles. The second-order valence-electron chi connectivity index (χ2n) is 8.26. The van der Waals surface area contributed by atoms with E-state index in [9.17, 15) is 9.59 Å². The van der Waals surface area contributed by atoms with E-state index in [0.717, 1.165) is 45.4 Å². The van der Waals surface area contributed by atoms with Gasteiger partial charge in [0.1, 0.15) is 0 Å². The van der Waals surface area contributed by atoms with E-state index in [-0.39, 0.29) is 12.0 Å². The molecule has 0 aromatic heterocycles. The molecule has 6 heteroatoms. The molecule has 2 aliphatic heterocycles. The minimum absolute atomic E-state index is 0.173. The van der Waals surface area contributed by atoms with Crippen LogP contribution in [0.15, 0.2) is 0 Å². The number of carbonyl (C=O) groups excluding carboxylic acids is 2. The molecule has 142 valence electrons. The fourth-order valence-corrected chi connectivity index (χ4v) is 5.05. The number of ether oxygens (including phenoxy) is 1. The molecule has 0 aromatic carbocycles. The molecule has 0 N–H and O–H groups in total. The summed E-state index contributed by atoms with van der Waals surface area (Å²) in [5.41, 5.74) is 0.441. The van der Waals surface area contributed by atoms with Gasteiger partial charge in [0.25, 0.3) is 0 Å². The highest BCUT2D eigenvalue weighted by atomic mass is 16.5. The third-order valence-electron chi connectivity index (χ3n) is 7.03. The number of hydrogen-bond donors (Lipinski definition) is 0. The van der Waals surface area contributed by atoms with Gasteiger partial charge >= 0.3 is 6.09 Å². The van der Waals surface area contributed by atoms with E-state index < -0.39 is 0 Å². The molecule has 2 amide bonds. The SMILES string of the molecule is COC(=O)N1CCC2(CCC(N3CC[C@@H](N(C)C(C)=O)C3)CC2)CC1. The van der Waals surface area contributed by atoms with E-state index in [1.807, 2.05) is 16.8 Å². The number of likely N-dealkylation sites (N-methyl/N-ethyl adjacent to an activating group) is 1. The number of hydrogen-bond acceptors (Lipinski definition) is 4. The number of methoxy groups -OCH3 is 1. The van der Waals surface area contributed by atoms with Crippen molar-refractivity contribution >= 4 is 12.0 Å². The highest BCUT2D eigenvalue weighted by Gasteiger charge is 2.41. The van der Waals surface area contributed by atoms with Crippen molar-refractivity contribution in [1.29, 1.82) is 0 Å². The maximum Gasteiger partial charge on any atom is 0.409 e. The summed E-state index contributed by atoms with van der Waals surface area (Å²) in [6.07, 6.45) is 8.22. The van der Waals surface area contributed by atoms with Gasteiger partial charge in [-0.3, -0.25) is 9.69 Å². The Morgan fingerprint density at radius 3 is 2.24 bits per heavy atom. The quantitative estimate of drug-likeness (QED) is 0.766. The topological polar surface area (TPSA) is 53.1 Å². The van der Waals surface area contributed by atoms with Gasteiger partial charge in [0.05, 0.1) is 7.11 Å². The highest BCUT2D eigenvalue weighted by molar-refractivity contribution is 5.73. The summed E-state index contributed by atoms with van der Waals surface area (Å²) in [4.78, 5) is 29.6. The first-order valence-corrected chi connectivity index (χ1v) is 9.74. The summed E-state index contributed by atoms with van der Waals surface area (Å²) < 4.78 is 4.85. The second-order valence-corrected chi connectivity index (χ2v) is 8.26. The molecule has 0 unspecified atom stereocenters. The Labute approximate surface area is 151 Å². The lowest BCUT2D eigenvalue weighted by Gasteiger charge is -2.47. The minimum atomic E-state index is -0.179. The Morgan fingerprint density at radius 1 is 1.04 bits per heavy atom. The van der Waals surface area contributed by atoms with Crippen LogP contribution in [-0.2, 0) is 9.53 Å². The zero-order chi connectivity index (χ0) is 18.0. The summed E-state index contributed by atoms with van der Waals surface area (Å²) in [5.74, 6) is 0.173. The van der Waals surface area contributed by atoms with E-state index in [2.05, 4.69) is 4.90 Å². The highest BCUT2D eigenvalue weighted by Crippen LogP contribution is 2.46. The van der Waals surface area contributed by atoms with Crippen molar-refractivity contribution in [3.63, 3.8) is 0 Å². The Morgan fingerprint density at radius 2 is 1.68 bits per heavy atom. The lowest BCUT2D eigenvalue weighted by atomic mass is 9.67. The van der Waals surface area contributed by atoms with Gasteiger partial charge < -0.3 is 14.5 Å². The van der Waals surface area contributed by atoms with Crippen LogP contribution >= 0.6 is 0 Å². The zero-order valence-corrected chi connectivity index (χ0v) is 16.0. The van der Waals surface area contributed by atoms with Gasteiger partial charge in [-0.25, -0.2) is 4.79 Å². The summed E-state index contributed by atoms with van der Waals surface area (Å²) in [6, 6.07) is 1.06. The van der Waals surface area contributed by atoms with Crippen molar-refractivity contribution in [2.45, 2.75) is 64.0 Å². The van der Waals surface area contributed by atoms with Crippen LogP contribution in [0.4, 0.5) is 4.79 Å². The van der Waals surface area contributed by atoms with E-state index in [4.69, 9.17) is 4.74 Å². The third-order valence-corrected chi connectivity index (χ3v) is 7.03. The lowest BCUT2D eigenvalue weighted by molar-refractivity contribution is -0.129. The first-order valence-electron chi connectivity index (χ1n) is 9.74. The zero-order valence-electron chi connectivity index (χ0n) is 16.0. The molecule has 1 saturated carbocycles. The van der Waals surface area contributed by atoms with Gasteiger partial charge in [-0.1, -0.05) is 0 Å². The monoisotopic (exact) mass is 351 g/mol. The Kier molecular flexibility index (Phi) is 5.56. The molecule has 6 nitrogen and oxygen atoms in total. The van der Waals surface area contributed by atoms with Crippen LogP contribution in [0, 0.1) is 5.41 Å². The number of carbonyl (C=O) groups is 2. The van der Waals surface area contributed by atoms with E-state index in [1.54, 1.807) is 6.92 Å². The van der Waals surface area contributed by atoms with Crippen molar-refractivity contribution in [3.8, 4) is 0 Å². The van der Waals surface area contributed by atoms with Crippen LogP contribution in [0.3, 0.4) is 0 Å². The molecule has 0 radical (unpaired) electrons. The fourth-order valence-electron chi connectivity index (χ4n) is 5.05. The van der Waals surface area contributed by atoms with Crippen molar-refractivity contribution in [2.75, 3.05) is 40.3 Å². The van der Waals surface area contributed by atoms with Crippen molar-refractivity contribution in [3.05, 3.63) is 0 Å². The average Bonchev–Trinajstić information content (AvgIpc) is 3.11. The van der Waals surface area contributed by atoms with E-state index >= 15 is 0 Å². The molecule has 1 atom stereocenters. The summed E-state index contributed by atoms with van der Waals surface area (Å²) in [5, 5.41) is 0. The van der Waals surface area contributed by atoms with E-state index in [0.29, 0.717) is 17.5 Å². The maximum atomic E-state index is 11.7. The largest absolute Gasteiger partial charge is 0.453 e. The number of piperidine rings is 1. The average molecular weight is 351 g/mol. The summed E-state index contributed by atoms with van der Waals surface area (Å²) in [6.45, 7) is 5.49. The van der Waals surface area contributed by atoms with Crippen LogP contribution in [0.2, 0.25) is 0 Å². The van der Waals surface area contributed by atoms with Gasteiger partial charge in [-0.15, -0.1) is 0 Å². The van der Waals surface area contributed by atoms with Gasteiger partial charge in [0.2, 0.25) is 5.91 Å². The normalized spacial score (nSPS) is 27.5. The maximum absolute atomic E-state index is 11.7. The standard InChI is InChI=1S/C19H33N3O3/c1-15(23)20(2)17-6-11-22(14-17)16-4-7-19(8-5-16)9-12-21(13-10-19)18(24)25-3/h16-17H,4-14H2,1-3H3/t17-/m1/s1. The molecule has 3 aliphatic rings. The number of rotatable bonds is 2. The van der Waals surface area contributed by atoms with Crippen molar-refractivity contribution in [2.24, 2.45) is 5.41 Å². The molecular formula is C19H33N3O3. The molecule has 1 aliphatic carbocycles. The lowest BCUT2D eigenvalue weighted by Crippen LogP contribution is -2.47. The van der Waals surface area contributed by atoms with Crippen LogP contribution in [0.5, 0.6) is 0 Å². The van der Waals surface area contributed by atoms with Gasteiger partial charge in [0, 0.05) is 52.2 Å². The second kappa shape index (κ2) is 7.52. The molecule has 0 aromatic rings. The predicted octanol–water partition coefficient (Wildman–Crippen LogP) is 2.33. The number of likely N-dealkylation sites (tertiary alicyclic amines) is 2. The first-order chi connectivity index (χ1) is 11.9. The number of nitrogens with zero attached hydrogens (tertiary/aromatic N) is 3. The first kappa shape index (κ1) is 18.5.